The van der Waals surface area contributed by atoms with Crippen molar-refractivity contribution in [1.82, 2.24) is 4.90 Å². The van der Waals surface area contributed by atoms with Crippen LogP contribution in [0.15, 0.2) is 22.8 Å². The van der Waals surface area contributed by atoms with E-state index in [1.54, 1.807) is 6.26 Å². The first-order valence-electron chi connectivity index (χ1n) is 6.28. The number of nitrogens with zero attached hydrogens (tertiary/aromatic N) is 2. The van der Waals surface area contributed by atoms with Crippen LogP contribution in [0.1, 0.15) is 24.6 Å². The maximum atomic E-state index is 9.29. The summed E-state index contributed by atoms with van der Waals surface area (Å²) in [5.41, 5.74) is 0. The van der Waals surface area contributed by atoms with Gasteiger partial charge in [-0.15, -0.1) is 0 Å². The minimum Gasteiger partial charge on any atom is -0.467 e. The Morgan fingerprint density at radius 2 is 2.00 bits per heavy atom. The largest absolute Gasteiger partial charge is 0.467 e. The first-order chi connectivity index (χ1) is 8.83. The van der Waals surface area contributed by atoms with Gasteiger partial charge in [0, 0.05) is 25.9 Å². The fraction of sp³-hybridized carbons (Fsp3) is 0.615. The minimum absolute atomic E-state index is 0.307. The van der Waals surface area contributed by atoms with Crippen molar-refractivity contribution >= 4 is 0 Å². The number of hydrogen-bond acceptors (Lipinski definition) is 5. The molecule has 3 heterocycles. The Bertz CT molecular complexity index is 422. The Labute approximate surface area is 106 Å². The van der Waals surface area contributed by atoms with Crippen LogP contribution in [0.25, 0.3) is 0 Å². The fourth-order valence-corrected chi connectivity index (χ4v) is 2.68. The molecule has 1 spiro atoms. The molecule has 0 N–H and O–H groups in total. The van der Waals surface area contributed by atoms with Gasteiger partial charge in [-0.3, -0.25) is 4.90 Å². The topological polar surface area (TPSA) is 58.6 Å². The molecule has 0 aliphatic carbocycles. The smallest absolute Gasteiger partial charge is 0.170 e. The van der Waals surface area contributed by atoms with Crippen LogP contribution in [0, 0.1) is 11.3 Å². The van der Waals surface area contributed by atoms with Crippen LogP contribution >= 0.6 is 0 Å². The van der Waals surface area contributed by atoms with Gasteiger partial charge in [0.2, 0.25) is 0 Å². The maximum Gasteiger partial charge on any atom is 0.170 e. The molecule has 2 saturated heterocycles. The predicted octanol–water partition coefficient (Wildman–Crippen LogP) is 1.68. The van der Waals surface area contributed by atoms with Crippen molar-refractivity contribution < 1.29 is 13.9 Å². The zero-order valence-corrected chi connectivity index (χ0v) is 10.2. The quantitative estimate of drug-likeness (QED) is 0.797. The number of furan rings is 1. The van der Waals surface area contributed by atoms with Gasteiger partial charge in [0.25, 0.3) is 0 Å². The summed E-state index contributed by atoms with van der Waals surface area (Å²) < 4.78 is 16.7. The molecule has 1 aromatic rings. The Balaban J connectivity index is 1.67. The molecule has 0 amide bonds. The number of hydrogen-bond donors (Lipinski definition) is 0. The van der Waals surface area contributed by atoms with Crippen LogP contribution in [0.2, 0.25) is 0 Å². The maximum absolute atomic E-state index is 9.29. The molecule has 5 heteroatoms. The first-order valence-corrected chi connectivity index (χ1v) is 6.28. The van der Waals surface area contributed by atoms with Gasteiger partial charge < -0.3 is 13.9 Å². The predicted molar refractivity (Wildman–Crippen MR) is 62.5 cm³/mol. The van der Waals surface area contributed by atoms with E-state index in [0.29, 0.717) is 19.0 Å². The molecule has 2 aliphatic rings. The zero-order chi connectivity index (χ0) is 12.4. The normalized spacial score (nSPS) is 25.1. The average Bonchev–Trinajstić information content (AvgIpc) is 3.05. The molecule has 1 atom stereocenters. The monoisotopic (exact) mass is 248 g/mol. The van der Waals surface area contributed by atoms with Gasteiger partial charge in [0.1, 0.15) is 5.76 Å². The van der Waals surface area contributed by atoms with Crippen molar-refractivity contribution in [3.63, 3.8) is 0 Å². The highest BCUT2D eigenvalue weighted by atomic mass is 16.7. The summed E-state index contributed by atoms with van der Waals surface area (Å²) in [4.78, 5) is 2.12. The molecule has 1 aromatic heterocycles. The molecule has 96 valence electrons. The van der Waals surface area contributed by atoms with Gasteiger partial charge in [-0.1, -0.05) is 0 Å². The van der Waals surface area contributed by atoms with E-state index >= 15 is 0 Å². The van der Waals surface area contributed by atoms with Crippen LogP contribution in [0.3, 0.4) is 0 Å². The van der Waals surface area contributed by atoms with E-state index in [1.807, 2.05) is 12.1 Å². The Hall–Kier alpha value is -1.35. The second-order valence-electron chi connectivity index (χ2n) is 4.69. The van der Waals surface area contributed by atoms with Crippen molar-refractivity contribution in [3.05, 3.63) is 24.2 Å². The second kappa shape index (κ2) is 4.73. The number of piperidine rings is 1. The summed E-state index contributed by atoms with van der Waals surface area (Å²) in [5.74, 6) is 0.321. The second-order valence-corrected chi connectivity index (χ2v) is 4.69. The number of rotatable bonds is 2. The third-order valence-electron chi connectivity index (χ3n) is 3.67. The van der Waals surface area contributed by atoms with E-state index in [0.717, 1.165) is 25.9 Å². The lowest BCUT2D eigenvalue weighted by Crippen LogP contribution is -2.46. The molecular weight excluding hydrogens is 232 g/mol. The highest BCUT2D eigenvalue weighted by Crippen LogP contribution is 2.34. The number of ether oxygens (including phenoxy) is 2. The molecule has 0 aromatic carbocycles. The van der Waals surface area contributed by atoms with Crippen molar-refractivity contribution in [2.24, 2.45) is 0 Å². The van der Waals surface area contributed by atoms with Crippen molar-refractivity contribution in [2.45, 2.75) is 24.7 Å². The Morgan fingerprint density at radius 1 is 1.28 bits per heavy atom. The molecule has 2 fully saturated rings. The van der Waals surface area contributed by atoms with Gasteiger partial charge in [-0.2, -0.15) is 5.26 Å². The van der Waals surface area contributed by atoms with Crippen molar-refractivity contribution in [1.29, 1.82) is 5.26 Å². The van der Waals surface area contributed by atoms with Crippen LogP contribution in [0.4, 0.5) is 0 Å². The standard InChI is InChI=1S/C13H16N2O3/c14-10-11(12-2-1-7-16-12)15-5-3-13(4-6-15)17-8-9-18-13/h1-2,7,11H,3-6,8-9H2. The third-order valence-corrected chi connectivity index (χ3v) is 3.67. The summed E-state index contributed by atoms with van der Waals surface area (Å²) in [7, 11) is 0. The molecule has 2 aliphatic heterocycles. The fourth-order valence-electron chi connectivity index (χ4n) is 2.68. The molecule has 0 radical (unpaired) electrons. The van der Waals surface area contributed by atoms with E-state index in [1.165, 1.54) is 0 Å². The highest BCUT2D eigenvalue weighted by molar-refractivity contribution is 5.13. The van der Waals surface area contributed by atoms with Crippen LogP contribution < -0.4 is 0 Å². The van der Waals surface area contributed by atoms with Crippen LogP contribution in [-0.2, 0) is 9.47 Å². The first kappa shape index (κ1) is 11.7. The minimum atomic E-state index is -0.389. The summed E-state index contributed by atoms with van der Waals surface area (Å²) in [6.45, 7) is 2.94. The molecule has 3 rings (SSSR count). The van der Waals surface area contributed by atoms with E-state index in [9.17, 15) is 5.26 Å². The summed E-state index contributed by atoms with van der Waals surface area (Å²) in [5, 5.41) is 9.29. The van der Waals surface area contributed by atoms with Crippen LogP contribution in [-0.4, -0.2) is 37.0 Å². The molecular formula is C13H16N2O3. The number of nitriles is 1. The summed E-state index contributed by atoms with van der Waals surface area (Å²) in [6.07, 6.45) is 3.23. The molecule has 18 heavy (non-hydrogen) atoms. The molecule has 0 bridgehead atoms. The van der Waals surface area contributed by atoms with Crippen molar-refractivity contribution in [3.8, 4) is 6.07 Å². The van der Waals surface area contributed by atoms with E-state index < -0.39 is 0 Å². The van der Waals surface area contributed by atoms with Crippen molar-refractivity contribution in [2.75, 3.05) is 26.3 Å². The van der Waals surface area contributed by atoms with Gasteiger partial charge >= 0.3 is 0 Å². The number of likely N-dealkylation sites (tertiary alicyclic amines) is 1. The summed E-state index contributed by atoms with van der Waals surface area (Å²) in [6, 6.07) is 5.66. The highest BCUT2D eigenvalue weighted by Gasteiger charge is 2.41. The van der Waals surface area contributed by atoms with E-state index in [4.69, 9.17) is 13.9 Å². The Morgan fingerprint density at radius 3 is 2.56 bits per heavy atom. The van der Waals surface area contributed by atoms with Crippen LogP contribution in [0.5, 0.6) is 0 Å². The lowest BCUT2D eigenvalue weighted by molar-refractivity contribution is -0.187. The lowest BCUT2D eigenvalue weighted by atomic mass is 10.0. The average molecular weight is 248 g/mol. The van der Waals surface area contributed by atoms with Gasteiger partial charge in [-0.05, 0) is 12.1 Å². The molecule has 1 unspecified atom stereocenters. The SMILES string of the molecule is N#CC(c1ccco1)N1CCC2(CC1)OCCO2. The molecule has 0 saturated carbocycles. The van der Waals surface area contributed by atoms with E-state index in [2.05, 4.69) is 11.0 Å². The third kappa shape index (κ3) is 2.03. The Kier molecular flexibility index (Phi) is 3.08. The van der Waals surface area contributed by atoms with Gasteiger partial charge in [0.15, 0.2) is 11.8 Å². The lowest BCUT2D eigenvalue weighted by Gasteiger charge is -2.38. The van der Waals surface area contributed by atoms with E-state index in [-0.39, 0.29) is 11.8 Å². The van der Waals surface area contributed by atoms with Gasteiger partial charge in [-0.25, -0.2) is 0 Å². The zero-order valence-electron chi connectivity index (χ0n) is 10.2. The molecule has 5 nitrogen and oxygen atoms in total. The van der Waals surface area contributed by atoms with Gasteiger partial charge in [0.05, 0.1) is 25.5 Å². The summed E-state index contributed by atoms with van der Waals surface area (Å²) >= 11 is 0.